The zero-order valence-electron chi connectivity index (χ0n) is 15.5. The molecule has 0 aliphatic carbocycles. The van der Waals surface area contributed by atoms with Gasteiger partial charge in [0, 0.05) is 56.9 Å². The number of methoxy groups -OCH3 is 1. The Balaban J connectivity index is 0.00000288. The summed E-state index contributed by atoms with van der Waals surface area (Å²) < 4.78 is 5.26. The van der Waals surface area contributed by atoms with Gasteiger partial charge < -0.3 is 15.0 Å². The van der Waals surface area contributed by atoms with E-state index in [4.69, 9.17) is 9.72 Å². The molecule has 1 aromatic heterocycles. The average molecular weight is 466 g/mol. The summed E-state index contributed by atoms with van der Waals surface area (Å²) in [5.74, 6) is 1.61. The Bertz CT molecular complexity index is 527. The van der Waals surface area contributed by atoms with Gasteiger partial charge in [-0.05, 0) is 6.42 Å². The predicted octanol–water partition coefficient (Wildman–Crippen LogP) is 3.14. The van der Waals surface area contributed by atoms with E-state index in [0.29, 0.717) is 5.92 Å². The van der Waals surface area contributed by atoms with Crippen LogP contribution in [0.5, 0.6) is 0 Å². The lowest BCUT2D eigenvalue weighted by Gasteiger charge is -2.21. The van der Waals surface area contributed by atoms with Gasteiger partial charge in [0.1, 0.15) is 0 Å². The standard InChI is InChI=1S/C17H30N4OS.HI/c1-17(2,3)14-12-23-15(20-14)6-8-19-16(18-4)21-9-7-13(10-21)11-22-5;/h12-13H,6-11H2,1-5H3,(H,18,19);1H. The number of aromatic nitrogens is 1. The Morgan fingerprint density at radius 1 is 1.50 bits per heavy atom. The molecular formula is C17H31IN4OS. The third kappa shape index (κ3) is 6.15. The monoisotopic (exact) mass is 466 g/mol. The molecule has 1 atom stereocenters. The number of rotatable bonds is 5. The highest BCUT2D eigenvalue weighted by molar-refractivity contribution is 14.0. The van der Waals surface area contributed by atoms with Crippen molar-refractivity contribution < 1.29 is 4.74 Å². The van der Waals surface area contributed by atoms with Gasteiger partial charge in [0.05, 0.1) is 17.3 Å². The van der Waals surface area contributed by atoms with Crippen LogP contribution in [-0.4, -0.2) is 56.2 Å². The first-order chi connectivity index (χ1) is 10.9. The van der Waals surface area contributed by atoms with E-state index in [1.807, 2.05) is 7.05 Å². The summed E-state index contributed by atoms with van der Waals surface area (Å²) >= 11 is 1.75. The number of nitrogens with zero attached hydrogens (tertiary/aromatic N) is 3. The van der Waals surface area contributed by atoms with E-state index in [9.17, 15) is 0 Å². The van der Waals surface area contributed by atoms with Crippen molar-refractivity contribution in [3.8, 4) is 0 Å². The molecular weight excluding hydrogens is 435 g/mol. The highest BCUT2D eigenvalue weighted by atomic mass is 127. The first-order valence-corrected chi connectivity index (χ1v) is 9.21. The first-order valence-electron chi connectivity index (χ1n) is 8.33. The van der Waals surface area contributed by atoms with Gasteiger partial charge in [-0.1, -0.05) is 20.8 Å². The number of likely N-dealkylation sites (tertiary alicyclic amines) is 1. The second-order valence-corrected chi connectivity index (χ2v) is 8.10. The van der Waals surface area contributed by atoms with E-state index in [1.165, 1.54) is 17.1 Å². The molecule has 1 aromatic rings. The lowest BCUT2D eigenvalue weighted by atomic mass is 9.93. The molecule has 0 bridgehead atoms. The van der Waals surface area contributed by atoms with E-state index in [0.717, 1.165) is 38.6 Å². The fraction of sp³-hybridized carbons (Fsp3) is 0.765. The quantitative estimate of drug-likeness (QED) is 0.412. The largest absolute Gasteiger partial charge is 0.384 e. The van der Waals surface area contributed by atoms with Gasteiger partial charge in [-0.25, -0.2) is 4.98 Å². The lowest BCUT2D eigenvalue weighted by molar-refractivity contribution is 0.157. The van der Waals surface area contributed by atoms with Crippen molar-refractivity contribution in [2.45, 2.75) is 39.0 Å². The zero-order valence-corrected chi connectivity index (χ0v) is 18.6. The van der Waals surface area contributed by atoms with Crippen LogP contribution < -0.4 is 5.32 Å². The number of hydrogen-bond acceptors (Lipinski definition) is 4. The van der Waals surface area contributed by atoms with Crippen LogP contribution in [0.1, 0.15) is 37.9 Å². The third-order valence-corrected chi connectivity index (χ3v) is 5.05. The minimum absolute atomic E-state index is 0. The SMILES string of the molecule is CN=C(NCCc1nc(C(C)(C)C)cs1)N1CCC(COC)C1.I. The molecule has 0 saturated carbocycles. The molecule has 1 unspecified atom stereocenters. The second-order valence-electron chi connectivity index (χ2n) is 7.16. The minimum Gasteiger partial charge on any atom is -0.384 e. The van der Waals surface area contributed by atoms with Crippen molar-refractivity contribution >= 4 is 41.3 Å². The molecule has 0 spiro atoms. The molecule has 2 heterocycles. The van der Waals surface area contributed by atoms with E-state index in [2.05, 4.69) is 41.4 Å². The van der Waals surface area contributed by atoms with Crippen LogP contribution in [-0.2, 0) is 16.6 Å². The molecule has 1 saturated heterocycles. The number of ether oxygens (including phenoxy) is 1. The molecule has 1 fully saturated rings. The highest BCUT2D eigenvalue weighted by Gasteiger charge is 2.24. The summed E-state index contributed by atoms with van der Waals surface area (Å²) in [6.07, 6.45) is 2.12. The number of thiazole rings is 1. The van der Waals surface area contributed by atoms with Gasteiger partial charge in [-0.2, -0.15) is 0 Å². The minimum atomic E-state index is 0. The van der Waals surface area contributed by atoms with Crippen LogP contribution in [0.25, 0.3) is 0 Å². The van der Waals surface area contributed by atoms with Gasteiger partial charge in [0.25, 0.3) is 0 Å². The molecule has 7 heteroatoms. The average Bonchev–Trinajstić information content (AvgIpc) is 3.13. The normalized spacial score (nSPS) is 18.6. The number of nitrogens with one attached hydrogen (secondary N) is 1. The van der Waals surface area contributed by atoms with E-state index in [-0.39, 0.29) is 29.4 Å². The summed E-state index contributed by atoms with van der Waals surface area (Å²) in [6.45, 7) is 10.4. The van der Waals surface area contributed by atoms with E-state index >= 15 is 0 Å². The maximum absolute atomic E-state index is 5.26. The first kappa shape index (κ1) is 21.6. The fourth-order valence-electron chi connectivity index (χ4n) is 2.78. The van der Waals surface area contributed by atoms with Crippen LogP contribution in [0.15, 0.2) is 10.4 Å². The third-order valence-electron chi connectivity index (χ3n) is 4.14. The topological polar surface area (TPSA) is 49.8 Å². The Kier molecular flexibility index (Phi) is 8.94. The number of aliphatic imine (C=N–C) groups is 1. The van der Waals surface area contributed by atoms with Gasteiger partial charge >= 0.3 is 0 Å². The maximum atomic E-state index is 5.26. The van der Waals surface area contributed by atoms with E-state index in [1.54, 1.807) is 18.4 Å². The predicted molar refractivity (Wildman–Crippen MR) is 113 cm³/mol. The fourth-order valence-corrected chi connectivity index (χ4v) is 3.81. The van der Waals surface area contributed by atoms with Crippen LogP contribution in [0, 0.1) is 5.92 Å². The van der Waals surface area contributed by atoms with Crippen LogP contribution in [0.3, 0.4) is 0 Å². The number of halogens is 1. The van der Waals surface area contributed by atoms with Gasteiger partial charge in [0.15, 0.2) is 5.96 Å². The number of hydrogen-bond donors (Lipinski definition) is 1. The smallest absolute Gasteiger partial charge is 0.193 e. The molecule has 0 radical (unpaired) electrons. The summed E-state index contributed by atoms with van der Waals surface area (Å²) in [7, 11) is 3.63. The van der Waals surface area contributed by atoms with E-state index < -0.39 is 0 Å². The van der Waals surface area contributed by atoms with Crippen LogP contribution >= 0.6 is 35.3 Å². The molecule has 2 rings (SSSR count). The molecule has 1 aliphatic rings. The van der Waals surface area contributed by atoms with Gasteiger partial charge in [-0.15, -0.1) is 35.3 Å². The maximum Gasteiger partial charge on any atom is 0.193 e. The van der Waals surface area contributed by atoms with Crippen molar-refractivity contribution in [2.75, 3.05) is 40.4 Å². The van der Waals surface area contributed by atoms with Crippen molar-refractivity contribution in [3.05, 3.63) is 16.1 Å². The Hall–Kier alpha value is -0.410. The van der Waals surface area contributed by atoms with Gasteiger partial charge in [-0.3, -0.25) is 4.99 Å². The Morgan fingerprint density at radius 3 is 2.83 bits per heavy atom. The molecule has 24 heavy (non-hydrogen) atoms. The van der Waals surface area contributed by atoms with Gasteiger partial charge in [0.2, 0.25) is 0 Å². The van der Waals surface area contributed by atoms with Crippen molar-refractivity contribution in [2.24, 2.45) is 10.9 Å². The van der Waals surface area contributed by atoms with Crippen LogP contribution in [0.4, 0.5) is 0 Å². The molecule has 5 nitrogen and oxygen atoms in total. The van der Waals surface area contributed by atoms with Crippen molar-refractivity contribution in [1.29, 1.82) is 0 Å². The molecule has 1 N–H and O–H groups in total. The summed E-state index contributed by atoms with van der Waals surface area (Å²) in [4.78, 5) is 11.5. The molecule has 138 valence electrons. The van der Waals surface area contributed by atoms with Crippen molar-refractivity contribution in [1.82, 2.24) is 15.2 Å². The Labute approximate surface area is 167 Å². The van der Waals surface area contributed by atoms with Crippen LogP contribution in [0.2, 0.25) is 0 Å². The highest BCUT2D eigenvalue weighted by Crippen LogP contribution is 2.24. The second kappa shape index (κ2) is 9.91. The summed E-state index contributed by atoms with van der Waals surface area (Å²) in [5.41, 5.74) is 1.31. The Morgan fingerprint density at radius 2 is 2.25 bits per heavy atom. The summed E-state index contributed by atoms with van der Waals surface area (Å²) in [5, 5.41) is 6.84. The summed E-state index contributed by atoms with van der Waals surface area (Å²) in [6, 6.07) is 0. The molecule has 0 aromatic carbocycles. The lowest BCUT2D eigenvalue weighted by Crippen LogP contribution is -2.41. The molecule has 0 amide bonds. The molecule has 1 aliphatic heterocycles. The van der Waals surface area contributed by atoms with Crippen molar-refractivity contribution in [3.63, 3.8) is 0 Å². The zero-order chi connectivity index (χ0) is 16.9. The number of guanidine groups is 1.